The lowest BCUT2D eigenvalue weighted by Gasteiger charge is -2.30. The van der Waals surface area contributed by atoms with E-state index in [9.17, 15) is 13.2 Å². The highest BCUT2D eigenvalue weighted by molar-refractivity contribution is 7.89. The number of benzene rings is 2. The molecule has 35 heavy (non-hydrogen) atoms. The highest BCUT2D eigenvalue weighted by atomic mass is 32.2. The molecule has 1 aliphatic rings. The molecule has 1 aliphatic heterocycles. The monoisotopic (exact) mass is 492 g/mol. The van der Waals surface area contributed by atoms with Gasteiger partial charge >= 0.3 is 0 Å². The third kappa shape index (κ3) is 6.14. The minimum atomic E-state index is -3.58. The number of carbonyl (C=O) groups excluding carboxylic acids is 1. The first kappa shape index (κ1) is 25.0. The number of rotatable bonds is 8. The minimum absolute atomic E-state index is 0.0282. The van der Waals surface area contributed by atoms with Crippen LogP contribution in [0.15, 0.2) is 78.0 Å². The lowest BCUT2D eigenvalue weighted by atomic mass is 9.96. The third-order valence-corrected chi connectivity index (χ3v) is 8.21. The fourth-order valence-electron chi connectivity index (χ4n) is 4.44. The molecule has 0 unspecified atom stereocenters. The molecule has 4 rings (SSSR count). The van der Waals surface area contributed by atoms with Crippen LogP contribution in [0.5, 0.6) is 0 Å². The van der Waals surface area contributed by atoms with Crippen LogP contribution in [-0.4, -0.2) is 55.7 Å². The van der Waals surface area contributed by atoms with E-state index < -0.39 is 10.0 Å². The number of piperidine rings is 1. The number of aromatic nitrogens is 1. The van der Waals surface area contributed by atoms with Gasteiger partial charge in [0, 0.05) is 44.5 Å². The third-order valence-electron chi connectivity index (χ3n) is 6.33. The fraction of sp³-hybridized carbons (Fsp3) is 0.333. The maximum absolute atomic E-state index is 12.9. The van der Waals surface area contributed by atoms with Gasteiger partial charge in [0.15, 0.2) is 0 Å². The van der Waals surface area contributed by atoms with Crippen molar-refractivity contribution < 1.29 is 13.2 Å². The van der Waals surface area contributed by atoms with Crippen molar-refractivity contribution in [3.05, 3.63) is 84.2 Å². The van der Waals surface area contributed by atoms with E-state index in [0.717, 1.165) is 23.2 Å². The summed E-state index contributed by atoms with van der Waals surface area (Å²) in [6.45, 7) is 1.97. The molecule has 1 fully saturated rings. The fourth-order valence-corrected chi connectivity index (χ4v) is 5.88. The Balaban J connectivity index is 1.35. The number of carbonyl (C=O) groups is 1. The van der Waals surface area contributed by atoms with Crippen LogP contribution in [0.4, 0.5) is 0 Å². The molecule has 1 saturated heterocycles. The normalized spacial score (nSPS) is 15.3. The summed E-state index contributed by atoms with van der Waals surface area (Å²) in [6, 6.07) is 19.8. The van der Waals surface area contributed by atoms with Crippen molar-refractivity contribution >= 4 is 15.9 Å². The number of pyridine rings is 1. The number of hydrogen-bond donors (Lipinski definition) is 1. The van der Waals surface area contributed by atoms with Crippen LogP contribution in [0.1, 0.15) is 24.0 Å². The van der Waals surface area contributed by atoms with Crippen molar-refractivity contribution in [3.8, 4) is 11.1 Å². The molecule has 1 amide bonds. The number of sulfonamides is 1. The van der Waals surface area contributed by atoms with Crippen molar-refractivity contribution in [1.29, 1.82) is 0 Å². The minimum Gasteiger partial charge on any atom is -0.352 e. The van der Waals surface area contributed by atoms with Crippen LogP contribution in [-0.2, 0) is 27.9 Å². The van der Waals surface area contributed by atoms with E-state index in [-0.39, 0.29) is 16.7 Å². The zero-order chi connectivity index (χ0) is 24.8. The Bertz CT molecular complexity index is 1240. The summed E-state index contributed by atoms with van der Waals surface area (Å²) < 4.78 is 27.1. The Hall–Kier alpha value is -3.07. The summed E-state index contributed by atoms with van der Waals surface area (Å²) in [7, 11) is 0.526. The predicted molar refractivity (Wildman–Crippen MR) is 137 cm³/mol. The topological polar surface area (TPSA) is 82.6 Å². The second-order valence-corrected chi connectivity index (χ2v) is 11.1. The maximum atomic E-state index is 12.9. The Labute approximate surface area is 207 Å². The van der Waals surface area contributed by atoms with E-state index in [4.69, 9.17) is 0 Å². The van der Waals surface area contributed by atoms with Crippen molar-refractivity contribution in [3.63, 3.8) is 0 Å². The molecule has 8 heteroatoms. The second-order valence-electron chi connectivity index (χ2n) is 9.18. The summed E-state index contributed by atoms with van der Waals surface area (Å²) >= 11 is 0. The molecular formula is C27H32N4O3S. The molecule has 184 valence electrons. The maximum Gasteiger partial charge on any atom is 0.244 e. The van der Waals surface area contributed by atoms with Gasteiger partial charge in [-0.15, -0.1) is 0 Å². The lowest BCUT2D eigenvalue weighted by Crippen LogP contribution is -2.42. The average Bonchev–Trinajstić information content (AvgIpc) is 2.88. The molecule has 1 N–H and O–H groups in total. The van der Waals surface area contributed by atoms with Gasteiger partial charge in [0.1, 0.15) is 4.90 Å². The van der Waals surface area contributed by atoms with Crippen LogP contribution in [0, 0.1) is 5.92 Å². The summed E-state index contributed by atoms with van der Waals surface area (Å²) in [5.74, 6) is -0.229. The van der Waals surface area contributed by atoms with E-state index in [1.807, 2.05) is 18.2 Å². The first-order valence-corrected chi connectivity index (χ1v) is 13.3. The summed E-state index contributed by atoms with van der Waals surface area (Å²) in [4.78, 5) is 19.1. The lowest BCUT2D eigenvalue weighted by molar-refractivity contribution is -0.126. The van der Waals surface area contributed by atoms with Crippen molar-refractivity contribution in [1.82, 2.24) is 19.5 Å². The molecule has 0 spiro atoms. The van der Waals surface area contributed by atoms with Crippen LogP contribution in [0.2, 0.25) is 0 Å². The molecule has 0 atom stereocenters. The molecule has 0 radical (unpaired) electrons. The average molecular weight is 493 g/mol. The van der Waals surface area contributed by atoms with E-state index in [0.29, 0.717) is 32.5 Å². The Morgan fingerprint density at radius 3 is 2.40 bits per heavy atom. The molecule has 7 nitrogen and oxygen atoms in total. The molecule has 0 aliphatic carbocycles. The van der Waals surface area contributed by atoms with Gasteiger partial charge in [0.2, 0.25) is 15.9 Å². The largest absolute Gasteiger partial charge is 0.352 e. The zero-order valence-electron chi connectivity index (χ0n) is 20.2. The van der Waals surface area contributed by atoms with E-state index >= 15 is 0 Å². The van der Waals surface area contributed by atoms with Gasteiger partial charge in [-0.05, 0) is 61.3 Å². The van der Waals surface area contributed by atoms with Crippen LogP contribution >= 0.6 is 0 Å². The van der Waals surface area contributed by atoms with Gasteiger partial charge < -0.3 is 10.2 Å². The molecule has 2 aromatic carbocycles. The van der Waals surface area contributed by atoms with E-state index in [2.05, 4.69) is 59.6 Å². The number of nitrogens with zero attached hydrogens (tertiary/aromatic N) is 3. The SMILES string of the molecule is CN(C)Cc1ccc(-c2ccccc2CNC(=O)C2CCN(S(=O)(=O)c3cccnc3)CC2)cc1. The van der Waals surface area contributed by atoms with Crippen molar-refractivity contribution in [2.75, 3.05) is 27.2 Å². The van der Waals surface area contributed by atoms with Gasteiger partial charge in [-0.2, -0.15) is 4.31 Å². The smallest absolute Gasteiger partial charge is 0.244 e. The molecular weight excluding hydrogens is 460 g/mol. The van der Waals surface area contributed by atoms with Gasteiger partial charge in [-0.3, -0.25) is 9.78 Å². The molecule has 2 heterocycles. The van der Waals surface area contributed by atoms with Crippen LogP contribution in [0.25, 0.3) is 11.1 Å². The number of hydrogen-bond acceptors (Lipinski definition) is 5. The molecule has 1 aromatic heterocycles. The molecule has 3 aromatic rings. The Morgan fingerprint density at radius 2 is 1.74 bits per heavy atom. The first-order chi connectivity index (χ1) is 16.8. The predicted octanol–water partition coefficient (Wildman–Crippen LogP) is 3.53. The van der Waals surface area contributed by atoms with Crippen LogP contribution < -0.4 is 5.32 Å². The molecule has 0 saturated carbocycles. The summed E-state index contributed by atoms with van der Waals surface area (Å²) in [5.41, 5.74) is 4.52. The van der Waals surface area contributed by atoms with Crippen molar-refractivity contribution in [2.24, 2.45) is 5.92 Å². The number of nitrogens with one attached hydrogen (secondary N) is 1. The van der Waals surface area contributed by atoms with Crippen molar-refractivity contribution in [2.45, 2.75) is 30.8 Å². The summed E-state index contributed by atoms with van der Waals surface area (Å²) in [5, 5.41) is 3.08. The first-order valence-electron chi connectivity index (χ1n) is 11.8. The number of amides is 1. The Kier molecular flexibility index (Phi) is 7.95. The highest BCUT2D eigenvalue weighted by Crippen LogP contribution is 2.26. The van der Waals surface area contributed by atoms with Gasteiger partial charge in [-0.1, -0.05) is 48.5 Å². The highest BCUT2D eigenvalue weighted by Gasteiger charge is 2.32. The molecule has 0 bridgehead atoms. The van der Waals surface area contributed by atoms with Gasteiger partial charge in [-0.25, -0.2) is 8.42 Å². The van der Waals surface area contributed by atoms with Gasteiger partial charge in [0.05, 0.1) is 0 Å². The van der Waals surface area contributed by atoms with Crippen LogP contribution in [0.3, 0.4) is 0 Å². The van der Waals surface area contributed by atoms with E-state index in [1.165, 1.54) is 16.1 Å². The second kappa shape index (κ2) is 11.1. The zero-order valence-corrected chi connectivity index (χ0v) is 21.0. The van der Waals surface area contributed by atoms with E-state index in [1.54, 1.807) is 18.3 Å². The quantitative estimate of drug-likeness (QED) is 0.520. The Morgan fingerprint density at radius 1 is 1.03 bits per heavy atom. The standard InChI is InChI=1S/C27H32N4O3S/c1-30(2)20-21-9-11-22(12-10-21)26-8-4-3-6-24(26)18-29-27(32)23-13-16-31(17-14-23)35(33,34)25-7-5-15-28-19-25/h3-12,15,19,23H,13-14,16-18,20H2,1-2H3,(H,29,32). The summed E-state index contributed by atoms with van der Waals surface area (Å²) in [6.07, 6.45) is 3.91. The van der Waals surface area contributed by atoms with Gasteiger partial charge in [0.25, 0.3) is 0 Å².